The van der Waals surface area contributed by atoms with E-state index in [4.69, 9.17) is 10.5 Å². The van der Waals surface area contributed by atoms with Crippen LogP contribution >= 0.6 is 15.9 Å². The lowest BCUT2D eigenvalue weighted by Gasteiger charge is -2.19. The van der Waals surface area contributed by atoms with Crippen LogP contribution in [-0.2, 0) is 5.41 Å². The molecule has 1 aliphatic heterocycles. The van der Waals surface area contributed by atoms with Crippen molar-refractivity contribution in [3.8, 4) is 5.75 Å². The highest BCUT2D eigenvalue weighted by Crippen LogP contribution is 2.40. The summed E-state index contributed by atoms with van der Waals surface area (Å²) in [5.41, 5.74) is 9.16. The molecule has 0 aliphatic carbocycles. The molecule has 1 unspecified atom stereocenters. The van der Waals surface area contributed by atoms with Gasteiger partial charge in [-0.25, -0.2) is 4.39 Å². The average molecular weight is 350 g/mol. The molecule has 2 aromatic carbocycles. The monoisotopic (exact) mass is 349 g/mol. The molecule has 2 nitrogen and oxygen atoms in total. The lowest BCUT2D eigenvalue weighted by Crippen LogP contribution is -2.19. The van der Waals surface area contributed by atoms with Crippen LogP contribution in [0.15, 0.2) is 40.9 Å². The Morgan fingerprint density at radius 3 is 2.81 bits per heavy atom. The van der Waals surface area contributed by atoms with Crippen LogP contribution in [0.3, 0.4) is 0 Å². The summed E-state index contributed by atoms with van der Waals surface area (Å²) in [6.07, 6.45) is 0. The third-order valence-electron chi connectivity index (χ3n) is 4.00. The van der Waals surface area contributed by atoms with Gasteiger partial charge in [-0.2, -0.15) is 0 Å². The maximum absolute atomic E-state index is 13.7. The molecule has 0 saturated carbocycles. The molecule has 0 fully saturated rings. The molecule has 21 heavy (non-hydrogen) atoms. The minimum Gasteiger partial charge on any atom is -0.492 e. The number of nitrogens with two attached hydrogens (primary N) is 1. The van der Waals surface area contributed by atoms with Crippen molar-refractivity contribution in [2.75, 3.05) is 6.61 Å². The zero-order valence-electron chi connectivity index (χ0n) is 12.0. The summed E-state index contributed by atoms with van der Waals surface area (Å²) in [6, 6.07) is 10.5. The normalized spacial score (nSPS) is 17.2. The Morgan fingerprint density at radius 1 is 1.29 bits per heavy atom. The van der Waals surface area contributed by atoms with Crippen molar-refractivity contribution in [1.29, 1.82) is 0 Å². The number of halogens is 2. The van der Waals surface area contributed by atoms with Gasteiger partial charge in [0, 0.05) is 11.0 Å². The fourth-order valence-electron chi connectivity index (χ4n) is 2.67. The van der Waals surface area contributed by atoms with Crippen LogP contribution in [0.4, 0.5) is 4.39 Å². The fourth-order valence-corrected chi connectivity index (χ4v) is 3.18. The molecule has 0 aromatic heterocycles. The molecule has 0 spiro atoms. The Bertz CT molecular complexity index is 699. The molecule has 0 amide bonds. The minimum absolute atomic E-state index is 0.0236. The topological polar surface area (TPSA) is 35.2 Å². The molecule has 0 saturated heterocycles. The van der Waals surface area contributed by atoms with E-state index >= 15 is 0 Å². The van der Waals surface area contributed by atoms with E-state index in [0.717, 1.165) is 22.4 Å². The highest BCUT2D eigenvalue weighted by atomic mass is 79.9. The van der Waals surface area contributed by atoms with E-state index in [2.05, 4.69) is 35.8 Å². The summed E-state index contributed by atoms with van der Waals surface area (Å²) in [4.78, 5) is 0. The predicted molar refractivity (Wildman–Crippen MR) is 85.1 cm³/mol. The van der Waals surface area contributed by atoms with Gasteiger partial charge < -0.3 is 10.5 Å². The second-order valence-electron chi connectivity index (χ2n) is 6.05. The van der Waals surface area contributed by atoms with Crippen molar-refractivity contribution >= 4 is 15.9 Å². The van der Waals surface area contributed by atoms with Crippen LogP contribution in [0, 0.1) is 5.82 Å². The van der Waals surface area contributed by atoms with E-state index in [1.165, 1.54) is 6.07 Å². The standard InChI is InChI=1S/C17H17BrFNO/c1-17(2)9-21-14-7-6-10(8-12(14)17)16(20)11-4-3-5-13(19)15(11)18/h3-8,16H,9,20H2,1-2H3. The highest BCUT2D eigenvalue weighted by molar-refractivity contribution is 9.10. The van der Waals surface area contributed by atoms with Crippen molar-refractivity contribution in [3.63, 3.8) is 0 Å². The zero-order chi connectivity index (χ0) is 15.2. The molecule has 2 aromatic rings. The molecule has 1 aliphatic rings. The van der Waals surface area contributed by atoms with Crippen LogP contribution in [0.5, 0.6) is 5.75 Å². The minimum atomic E-state index is -0.378. The van der Waals surface area contributed by atoms with Crippen molar-refractivity contribution in [3.05, 3.63) is 63.4 Å². The summed E-state index contributed by atoms with van der Waals surface area (Å²) >= 11 is 3.28. The summed E-state index contributed by atoms with van der Waals surface area (Å²) < 4.78 is 19.8. The third-order valence-corrected chi connectivity index (χ3v) is 4.83. The van der Waals surface area contributed by atoms with E-state index in [9.17, 15) is 4.39 Å². The van der Waals surface area contributed by atoms with E-state index in [0.29, 0.717) is 11.1 Å². The van der Waals surface area contributed by atoms with Crippen molar-refractivity contribution in [2.45, 2.75) is 25.3 Å². The van der Waals surface area contributed by atoms with Gasteiger partial charge in [-0.15, -0.1) is 0 Å². The molecule has 0 bridgehead atoms. The van der Waals surface area contributed by atoms with E-state index in [-0.39, 0.29) is 17.3 Å². The Morgan fingerprint density at radius 2 is 2.05 bits per heavy atom. The van der Waals surface area contributed by atoms with Gasteiger partial charge in [0.2, 0.25) is 0 Å². The summed E-state index contributed by atoms with van der Waals surface area (Å²) in [5.74, 6) is 0.613. The summed E-state index contributed by atoms with van der Waals surface area (Å²) in [5, 5.41) is 0. The number of hydrogen-bond donors (Lipinski definition) is 1. The summed E-state index contributed by atoms with van der Waals surface area (Å²) in [7, 11) is 0. The smallest absolute Gasteiger partial charge is 0.137 e. The first kappa shape index (κ1) is 14.5. The second kappa shape index (κ2) is 5.11. The van der Waals surface area contributed by atoms with Crippen LogP contribution in [0.2, 0.25) is 0 Å². The quantitative estimate of drug-likeness (QED) is 0.876. The van der Waals surface area contributed by atoms with Gasteiger partial charge in [-0.3, -0.25) is 0 Å². The number of hydrogen-bond acceptors (Lipinski definition) is 2. The largest absolute Gasteiger partial charge is 0.492 e. The molecule has 1 heterocycles. The lowest BCUT2D eigenvalue weighted by molar-refractivity contribution is 0.291. The molecular formula is C17H17BrFNO. The molecular weight excluding hydrogens is 333 g/mol. The number of ether oxygens (including phenoxy) is 1. The average Bonchev–Trinajstić information content (AvgIpc) is 2.76. The van der Waals surface area contributed by atoms with Gasteiger partial charge in [-0.1, -0.05) is 32.0 Å². The first-order valence-electron chi connectivity index (χ1n) is 6.87. The van der Waals surface area contributed by atoms with Crippen LogP contribution in [-0.4, -0.2) is 6.61 Å². The zero-order valence-corrected chi connectivity index (χ0v) is 13.6. The van der Waals surface area contributed by atoms with Crippen LogP contribution < -0.4 is 10.5 Å². The van der Waals surface area contributed by atoms with Crippen LogP contribution in [0.25, 0.3) is 0 Å². The second-order valence-corrected chi connectivity index (χ2v) is 6.84. The van der Waals surface area contributed by atoms with Gasteiger partial charge in [0.05, 0.1) is 17.1 Å². The Kier molecular flexibility index (Phi) is 3.54. The van der Waals surface area contributed by atoms with Crippen molar-refractivity contribution < 1.29 is 9.13 Å². The molecule has 3 rings (SSSR count). The predicted octanol–water partition coefficient (Wildman–Crippen LogP) is 4.31. The number of rotatable bonds is 2. The molecule has 1 atom stereocenters. The van der Waals surface area contributed by atoms with Crippen molar-refractivity contribution in [1.82, 2.24) is 0 Å². The van der Waals surface area contributed by atoms with Gasteiger partial charge in [0.1, 0.15) is 11.6 Å². The molecule has 110 valence electrons. The van der Waals surface area contributed by atoms with Gasteiger partial charge in [0.15, 0.2) is 0 Å². The van der Waals surface area contributed by atoms with Crippen LogP contribution in [0.1, 0.15) is 36.6 Å². The number of benzene rings is 2. The van der Waals surface area contributed by atoms with Gasteiger partial charge in [-0.05, 0) is 45.3 Å². The fraction of sp³-hybridized carbons (Fsp3) is 0.294. The maximum Gasteiger partial charge on any atom is 0.137 e. The van der Waals surface area contributed by atoms with Gasteiger partial charge in [0.25, 0.3) is 0 Å². The summed E-state index contributed by atoms with van der Waals surface area (Å²) in [6.45, 7) is 4.96. The molecule has 2 N–H and O–H groups in total. The first-order valence-corrected chi connectivity index (χ1v) is 7.66. The Balaban J connectivity index is 2.03. The molecule has 4 heteroatoms. The Labute approximate surface area is 132 Å². The Hall–Kier alpha value is -1.39. The third kappa shape index (κ3) is 2.47. The SMILES string of the molecule is CC1(C)COc2ccc(C(N)c3cccc(F)c3Br)cc21. The number of fused-ring (bicyclic) bond motifs is 1. The van der Waals surface area contributed by atoms with E-state index in [1.807, 2.05) is 18.2 Å². The van der Waals surface area contributed by atoms with E-state index in [1.54, 1.807) is 6.07 Å². The first-order chi connectivity index (χ1) is 9.90. The van der Waals surface area contributed by atoms with E-state index < -0.39 is 0 Å². The highest BCUT2D eigenvalue weighted by Gasteiger charge is 2.32. The van der Waals surface area contributed by atoms with Gasteiger partial charge >= 0.3 is 0 Å². The maximum atomic E-state index is 13.7. The lowest BCUT2D eigenvalue weighted by atomic mass is 9.85. The molecule has 0 radical (unpaired) electrons. The van der Waals surface area contributed by atoms with Crippen molar-refractivity contribution in [2.24, 2.45) is 5.73 Å².